The number of ketones is 1. The number of aliphatic hydroxyl groups excluding tert-OH is 1. The van der Waals surface area contributed by atoms with Gasteiger partial charge in [0.15, 0.2) is 11.0 Å². The van der Waals surface area contributed by atoms with Gasteiger partial charge in [0, 0.05) is 33.2 Å². The Labute approximate surface area is 287 Å². The third-order valence-electron chi connectivity index (χ3n) is 11.5. The number of ether oxygens (including phenoxy) is 1. The summed E-state index contributed by atoms with van der Waals surface area (Å²) >= 11 is 6.24. The summed E-state index contributed by atoms with van der Waals surface area (Å²) in [7, 11) is 0. The van der Waals surface area contributed by atoms with Crippen LogP contribution in [-0.2, 0) is 14.3 Å². The number of hydrogen-bond acceptors (Lipinski definition) is 10. The number of Topliss-reactive ketones (excluding diaryl/α,β-unsaturated/α-hetero) is 1. The number of hydrogen-bond donors (Lipinski definition) is 2. The van der Waals surface area contributed by atoms with Crippen molar-refractivity contribution in [3.05, 3.63) is 58.4 Å². The minimum atomic E-state index is -0.700. The van der Waals surface area contributed by atoms with Crippen LogP contribution in [0.5, 0.6) is 0 Å². The number of thiophene rings is 1. The number of nitrogens with zero attached hydrogens (tertiary/aromatic N) is 3. The van der Waals surface area contributed by atoms with Gasteiger partial charge in [0.25, 0.3) is 0 Å². The molecule has 3 saturated carbocycles. The molecule has 2 N–H and O–H groups in total. The van der Waals surface area contributed by atoms with Crippen molar-refractivity contribution >= 4 is 73.0 Å². The van der Waals surface area contributed by atoms with Crippen molar-refractivity contribution in [1.82, 2.24) is 9.97 Å². The highest BCUT2D eigenvalue weighted by molar-refractivity contribution is 9.10. The van der Waals surface area contributed by atoms with E-state index in [0.29, 0.717) is 23.8 Å². The zero-order valence-electron chi connectivity index (χ0n) is 26.7. The Morgan fingerprint density at radius 3 is 2.80 bits per heavy atom. The smallest absolute Gasteiger partial charge is 0.316 e. The number of rotatable bonds is 8. The maximum absolute atomic E-state index is 13.7. The molecule has 8 atom stereocenters. The summed E-state index contributed by atoms with van der Waals surface area (Å²) < 4.78 is 7.33. The van der Waals surface area contributed by atoms with Crippen LogP contribution in [-0.4, -0.2) is 51.0 Å². The van der Waals surface area contributed by atoms with Gasteiger partial charge in [0.1, 0.15) is 16.7 Å². The number of aliphatic hydroxyl groups is 1. The van der Waals surface area contributed by atoms with Crippen LogP contribution in [0.4, 0.5) is 5.82 Å². The van der Waals surface area contributed by atoms with Crippen molar-refractivity contribution in [2.24, 2.45) is 39.1 Å². The average Bonchev–Trinajstić information content (AvgIpc) is 3.66. The fourth-order valence-corrected chi connectivity index (χ4v) is 10.4. The molecule has 1 aromatic carbocycles. The summed E-state index contributed by atoms with van der Waals surface area (Å²) in [5, 5.41) is 19.4. The van der Waals surface area contributed by atoms with Gasteiger partial charge in [-0.1, -0.05) is 79.7 Å². The first-order chi connectivity index (χ1) is 21.9. The quantitative estimate of drug-likeness (QED) is 0.0602. The zero-order chi connectivity index (χ0) is 32.9. The lowest BCUT2D eigenvalue weighted by molar-refractivity contribution is -0.205. The van der Waals surface area contributed by atoms with Crippen molar-refractivity contribution < 1.29 is 19.4 Å². The Morgan fingerprint density at radius 2 is 2.04 bits per heavy atom. The summed E-state index contributed by atoms with van der Waals surface area (Å²) in [5.74, 6) is 0.243. The average molecular weight is 726 g/mol. The van der Waals surface area contributed by atoms with Gasteiger partial charge in [-0.15, -0.1) is 17.9 Å². The number of thioether (sulfide) groups is 1. The topological polar surface area (TPSA) is 114 Å². The second-order valence-corrected chi connectivity index (χ2v) is 16.4. The number of aromatic nitrogens is 2. The highest BCUT2D eigenvalue weighted by atomic mass is 79.9. The molecule has 0 amide bonds. The molecule has 8 nitrogen and oxygen atoms in total. The molecule has 0 radical (unpaired) electrons. The minimum Gasteiger partial charge on any atom is -0.461 e. The van der Waals surface area contributed by atoms with Crippen LogP contribution >= 0.6 is 39.0 Å². The summed E-state index contributed by atoms with van der Waals surface area (Å²) in [5.41, 5.74) is 2.42. The van der Waals surface area contributed by atoms with Crippen molar-refractivity contribution in [1.29, 1.82) is 0 Å². The largest absolute Gasteiger partial charge is 0.461 e. The van der Waals surface area contributed by atoms with E-state index in [1.165, 1.54) is 23.1 Å². The number of anilines is 1. The molecule has 244 valence electrons. The molecule has 0 aliphatic heterocycles. The number of carbonyl (C=O) groups excluding carboxylic acids is 2. The second-order valence-electron chi connectivity index (χ2n) is 13.7. The Balaban J connectivity index is 1.23. The molecule has 2 bridgehead atoms. The molecule has 11 heteroatoms. The van der Waals surface area contributed by atoms with E-state index in [9.17, 15) is 14.7 Å². The van der Waals surface area contributed by atoms with Crippen LogP contribution in [0.2, 0.25) is 0 Å². The lowest BCUT2D eigenvalue weighted by atomic mass is 9.44. The maximum atomic E-state index is 13.7. The number of nitrogens with one attached hydrogen (secondary N) is 1. The molecule has 3 aliphatic carbocycles. The standard InChI is InChI=1S/C35H41BrN4O4S2/c1-6-33(4)17-26(34(5)20(2)11-14-35(21(3)29(33)43)15-12-25(41)28(34)35)44-27(42)19-46-32-38-30(23-13-16-45-31(23)39-32)40-37-18-22-9-7-8-10-24(22)36/h6-10,13,16,18,20-21,26,28-29,43H,1,11-12,14-15,17,19H2,2-5H3,(H,38,39,40)/b37-18+/t20-,21+,26-,28+,29+,33-,34+,35+/m1/s1. The number of benzene rings is 1. The molecule has 3 aromatic rings. The zero-order valence-corrected chi connectivity index (χ0v) is 29.9. The molecule has 3 aliphatic rings. The SMILES string of the molecule is C=C[C@]1(C)C[C@@H](OC(=O)CSc2nc(N/N=C/c3ccccc3Br)c3ccsc3n2)[C@]2(C)[C@H](C)CC[C@]3(CCC(=O)[C@H]32)[C@@H](C)[C@@H]1O. The fraction of sp³-hybridized carbons (Fsp3) is 0.514. The van der Waals surface area contributed by atoms with E-state index in [0.717, 1.165) is 39.5 Å². The Morgan fingerprint density at radius 1 is 1.26 bits per heavy atom. The maximum Gasteiger partial charge on any atom is 0.316 e. The third kappa shape index (κ3) is 5.65. The lowest BCUT2D eigenvalue weighted by Crippen LogP contribution is -2.63. The monoisotopic (exact) mass is 724 g/mol. The fourth-order valence-electron chi connectivity index (χ4n) is 8.55. The Kier molecular flexibility index (Phi) is 9.26. The molecule has 0 unspecified atom stereocenters. The lowest BCUT2D eigenvalue weighted by Gasteiger charge is -2.61. The first kappa shape index (κ1) is 33.3. The van der Waals surface area contributed by atoms with Gasteiger partial charge in [0.2, 0.25) is 0 Å². The predicted molar refractivity (Wildman–Crippen MR) is 188 cm³/mol. The Hall–Kier alpha value is -2.60. The van der Waals surface area contributed by atoms with Gasteiger partial charge < -0.3 is 9.84 Å². The van der Waals surface area contributed by atoms with Crippen LogP contribution in [0, 0.1) is 34.0 Å². The summed E-state index contributed by atoms with van der Waals surface area (Å²) in [4.78, 5) is 37.5. The second kappa shape index (κ2) is 12.8. The van der Waals surface area contributed by atoms with E-state index in [1.807, 2.05) is 48.7 Å². The van der Waals surface area contributed by atoms with E-state index < -0.39 is 29.0 Å². The molecule has 0 spiro atoms. The van der Waals surface area contributed by atoms with E-state index in [4.69, 9.17) is 4.74 Å². The molecule has 2 heterocycles. The van der Waals surface area contributed by atoms with Crippen LogP contribution in [0.15, 0.2) is 63.1 Å². The van der Waals surface area contributed by atoms with E-state index in [2.05, 4.69) is 63.8 Å². The van der Waals surface area contributed by atoms with Crippen LogP contribution in [0.1, 0.15) is 65.4 Å². The van der Waals surface area contributed by atoms with E-state index in [-0.39, 0.29) is 34.7 Å². The Bertz CT molecular complexity index is 1700. The van der Waals surface area contributed by atoms with Crippen molar-refractivity contribution in [3.63, 3.8) is 0 Å². The van der Waals surface area contributed by atoms with E-state index >= 15 is 0 Å². The van der Waals surface area contributed by atoms with Crippen molar-refractivity contribution in [2.75, 3.05) is 11.2 Å². The van der Waals surface area contributed by atoms with Gasteiger partial charge in [-0.2, -0.15) is 5.10 Å². The number of esters is 1. The minimum absolute atomic E-state index is 0.00499. The number of fused-ring (bicyclic) bond motifs is 1. The number of carbonyl (C=O) groups is 2. The highest BCUT2D eigenvalue weighted by Gasteiger charge is 2.68. The van der Waals surface area contributed by atoms with Gasteiger partial charge >= 0.3 is 5.97 Å². The molecular weight excluding hydrogens is 684 g/mol. The first-order valence-electron chi connectivity index (χ1n) is 15.9. The van der Waals surface area contributed by atoms with Gasteiger partial charge in [-0.05, 0) is 60.4 Å². The predicted octanol–water partition coefficient (Wildman–Crippen LogP) is 7.90. The molecule has 2 aromatic heterocycles. The van der Waals surface area contributed by atoms with Crippen LogP contribution in [0.3, 0.4) is 0 Å². The number of halogens is 1. The highest BCUT2D eigenvalue weighted by Crippen LogP contribution is 2.68. The van der Waals surface area contributed by atoms with Crippen LogP contribution in [0.25, 0.3) is 10.2 Å². The van der Waals surface area contributed by atoms with Crippen molar-refractivity contribution in [3.8, 4) is 0 Å². The van der Waals surface area contributed by atoms with Crippen LogP contribution < -0.4 is 5.43 Å². The molecule has 0 saturated heterocycles. The molecular formula is C35H41BrN4O4S2. The summed E-state index contributed by atoms with van der Waals surface area (Å²) in [6.07, 6.45) is 5.79. The molecule has 46 heavy (non-hydrogen) atoms. The van der Waals surface area contributed by atoms with Crippen molar-refractivity contribution in [2.45, 2.75) is 77.2 Å². The summed E-state index contributed by atoms with van der Waals surface area (Å²) in [6, 6.07) is 9.73. The van der Waals surface area contributed by atoms with Gasteiger partial charge in [0.05, 0.1) is 23.5 Å². The van der Waals surface area contributed by atoms with Gasteiger partial charge in [-0.25, -0.2) is 9.97 Å². The van der Waals surface area contributed by atoms with Gasteiger partial charge in [-0.3, -0.25) is 15.0 Å². The number of hydrazone groups is 1. The summed E-state index contributed by atoms with van der Waals surface area (Å²) in [6.45, 7) is 12.6. The molecule has 6 rings (SSSR count). The molecule has 3 fully saturated rings. The first-order valence-corrected chi connectivity index (χ1v) is 18.5. The van der Waals surface area contributed by atoms with E-state index in [1.54, 1.807) is 6.21 Å². The normalized spacial score (nSPS) is 34.2. The third-order valence-corrected chi connectivity index (χ3v) is 13.8.